The van der Waals surface area contributed by atoms with Gasteiger partial charge in [-0.1, -0.05) is 24.3 Å². The number of allylic oxidation sites excluding steroid dienone is 3. The summed E-state index contributed by atoms with van der Waals surface area (Å²) in [5.41, 5.74) is 1.21. The molecule has 0 radical (unpaired) electrons. The molecule has 0 bridgehead atoms. The zero-order valence-electron chi connectivity index (χ0n) is 19.4. The highest BCUT2D eigenvalue weighted by Crippen LogP contribution is 2.32. The normalized spacial score (nSPS) is 13.8. The molecule has 0 aliphatic carbocycles. The number of rotatable bonds is 11. The van der Waals surface area contributed by atoms with Crippen molar-refractivity contribution in [2.45, 2.75) is 30.1 Å². The molecule has 0 fully saturated rings. The number of anilines is 1. The fourth-order valence-corrected chi connectivity index (χ4v) is 5.25. The summed E-state index contributed by atoms with van der Waals surface area (Å²) in [4.78, 5) is -1.53. The summed E-state index contributed by atoms with van der Waals surface area (Å²) in [6, 6.07) is 10.9. The van der Waals surface area contributed by atoms with Gasteiger partial charge in [-0.05, 0) is 37.3 Å². The summed E-state index contributed by atoms with van der Waals surface area (Å²) < 4.78 is 99.6. The number of hydrogen-bond donors (Lipinski definition) is 4. The van der Waals surface area contributed by atoms with Crippen LogP contribution in [0.15, 0.2) is 76.7 Å². The van der Waals surface area contributed by atoms with E-state index >= 15 is 0 Å². The minimum atomic E-state index is -4.98. The van der Waals surface area contributed by atoms with E-state index in [1.807, 2.05) is 30.3 Å². The van der Waals surface area contributed by atoms with Gasteiger partial charge in [0.2, 0.25) is 5.69 Å². The minimum absolute atomic E-state index is 0.0682. The van der Waals surface area contributed by atoms with Crippen LogP contribution in [0.1, 0.15) is 18.9 Å². The molecule has 2 rings (SSSR count). The molecule has 11 nitrogen and oxygen atoms in total. The molecule has 0 spiro atoms. The van der Waals surface area contributed by atoms with Gasteiger partial charge in [0.1, 0.15) is 6.54 Å². The second-order valence-electron chi connectivity index (χ2n) is 7.70. The van der Waals surface area contributed by atoms with E-state index in [2.05, 4.69) is 5.32 Å². The first kappa shape index (κ1) is 29.4. The van der Waals surface area contributed by atoms with E-state index < -0.39 is 45.9 Å². The molecule has 196 valence electrons. The maximum atomic E-state index is 12.1. The zero-order valence-corrected chi connectivity index (χ0v) is 21.9. The van der Waals surface area contributed by atoms with Crippen LogP contribution in [-0.4, -0.2) is 61.5 Å². The van der Waals surface area contributed by atoms with Crippen LogP contribution < -0.4 is 5.32 Å². The molecule has 0 aliphatic heterocycles. The van der Waals surface area contributed by atoms with Crippen LogP contribution in [0.25, 0.3) is 0 Å². The number of nitrogens with zero attached hydrogens (tertiary/aromatic N) is 1. The molecule has 0 unspecified atom stereocenters. The Hall–Kier alpha value is -2.88. The van der Waals surface area contributed by atoms with Crippen molar-refractivity contribution in [3.63, 3.8) is 0 Å². The van der Waals surface area contributed by atoms with Gasteiger partial charge >= 0.3 is 10.1 Å². The standard InChI is InChI=1S/C22H26N2O9S3/c1-17-15-20(35(28,29)30)16-21(36(31,32)33)22(17)24(13-8-14-34(25,26)27)18(2)9-6-7-12-23-19-10-4-3-5-11-19/h3-7,9-12,15-16H,8,13-14H2,1-2H3,(H3,25,26,27,28,29,30,31,32,33)/p+1. The maximum absolute atomic E-state index is 12.1. The Morgan fingerprint density at radius 2 is 1.58 bits per heavy atom. The highest BCUT2D eigenvalue weighted by atomic mass is 32.2. The van der Waals surface area contributed by atoms with Gasteiger partial charge in [-0.3, -0.25) is 13.7 Å². The van der Waals surface area contributed by atoms with Crippen LogP contribution in [0.3, 0.4) is 0 Å². The lowest BCUT2D eigenvalue weighted by molar-refractivity contribution is -0.443. The van der Waals surface area contributed by atoms with Gasteiger partial charge in [0.15, 0.2) is 10.6 Å². The van der Waals surface area contributed by atoms with Crippen molar-refractivity contribution in [2.24, 2.45) is 0 Å². The SMILES string of the molecule is CC(/C=C/C=C/Nc1ccccc1)=[N+](/CCCS(=O)(=O)O)c1c(C)cc(S(=O)(=O)O)cc1S(=O)(=O)O. The summed E-state index contributed by atoms with van der Waals surface area (Å²) in [7, 11) is -14.1. The van der Waals surface area contributed by atoms with Crippen molar-refractivity contribution in [1.82, 2.24) is 0 Å². The van der Waals surface area contributed by atoms with Gasteiger partial charge in [-0.15, -0.1) is 0 Å². The molecule has 2 aromatic carbocycles. The first-order valence-corrected chi connectivity index (χ1v) is 14.9. The molecule has 0 atom stereocenters. The third kappa shape index (κ3) is 8.96. The van der Waals surface area contributed by atoms with Crippen molar-refractivity contribution in [3.05, 3.63) is 72.5 Å². The van der Waals surface area contributed by atoms with E-state index in [0.29, 0.717) is 11.8 Å². The minimum Gasteiger partial charge on any atom is -0.362 e. The van der Waals surface area contributed by atoms with Gasteiger partial charge in [0, 0.05) is 36.9 Å². The topological polar surface area (TPSA) is 178 Å². The van der Waals surface area contributed by atoms with E-state index in [4.69, 9.17) is 4.55 Å². The lowest BCUT2D eigenvalue weighted by Crippen LogP contribution is -2.21. The monoisotopic (exact) mass is 559 g/mol. The lowest BCUT2D eigenvalue weighted by Gasteiger charge is -2.12. The number of aryl methyl sites for hydroxylation is 1. The van der Waals surface area contributed by atoms with Crippen LogP contribution in [0.5, 0.6) is 0 Å². The third-order valence-corrected chi connectivity index (χ3v) is 7.37. The highest BCUT2D eigenvalue weighted by molar-refractivity contribution is 7.86. The van der Waals surface area contributed by atoms with Gasteiger partial charge in [-0.25, -0.2) is 0 Å². The Bertz CT molecular complexity index is 1510. The Morgan fingerprint density at radius 3 is 2.14 bits per heavy atom. The molecule has 0 aliphatic rings. The second kappa shape index (κ2) is 11.9. The lowest BCUT2D eigenvalue weighted by atomic mass is 10.1. The van der Waals surface area contributed by atoms with Crippen molar-refractivity contribution >= 4 is 47.4 Å². The maximum Gasteiger partial charge on any atom is 0.301 e. The van der Waals surface area contributed by atoms with Crippen molar-refractivity contribution in [2.75, 3.05) is 17.6 Å². The predicted octanol–water partition coefficient (Wildman–Crippen LogP) is 3.05. The first-order valence-electron chi connectivity index (χ1n) is 10.4. The summed E-state index contributed by atoms with van der Waals surface area (Å²) >= 11 is 0. The summed E-state index contributed by atoms with van der Waals surface area (Å²) in [5, 5.41) is 3.05. The van der Waals surface area contributed by atoms with Crippen LogP contribution in [0.4, 0.5) is 11.4 Å². The molecule has 0 saturated heterocycles. The smallest absolute Gasteiger partial charge is 0.301 e. The predicted molar refractivity (Wildman–Crippen MR) is 136 cm³/mol. The molecule has 2 aromatic rings. The quantitative estimate of drug-likeness (QED) is 0.138. The van der Waals surface area contributed by atoms with Crippen LogP contribution in [-0.2, 0) is 30.4 Å². The number of nitrogens with one attached hydrogen (secondary N) is 1. The fraction of sp³-hybridized carbons (Fsp3) is 0.227. The van der Waals surface area contributed by atoms with Gasteiger partial charge in [0.25, 0.3) is 20.2 Å². The highest BCUT2D eigenvalue weighted by Gasteiger charge is 2.30. The number of hydrogen-bond acceptors (Lipinski definition) is 7. The van der Waals surface area contributed by atoms with Crippen LogP contribution >= 0.6 is 0 Å². The molecule has 0 amide bonds. The number of benzene rings is 2. The van der Waals surface area contributed by atoms with E-state index in [-0.39, 0.29) is 24.2 Å². The van der Waals surface area contributed by atoms with Crippen LogP contribution in [0.2, 0.25) is 0 Å². The van der Waals surface area contributed by atoms with E-state index in [1.165, 1.54) is 11.5 Å². The van der Waals surface area contributed by atoms with E-state index in [1.54, 1.807) is 31.4 Å². The summed E-state index contributed by atoms with van der Waals surface area (Å²) in [6.07, 6.45) is 6.39. The molecule has 0 saturated carbocycles. The Labute approximate surface area is 210 Å². The third-order valence-electron chi connectivity index (χ3n) is 4.86. The molecule has 14 heteroatoms. The summed E-state index contributed by atoms with van der Waals surface area (Å²) in [6.45, 7) is 2.85. The first-order chi connectivity index (χ1) is 16.6. The van der Waals surface area contributed by atoms with Gasteiger partial charge in [-0.2, -0.15) is 29.8 Å². The summed E-state index contributed by atoms with van der Waals surface area (Å²) in [5.74, 6) is -0.620. The Kier molecular flexibility index (Phi) is 9.70. The molecule has 0 aromatic heterocycles. The van der Waals surface area contributed by atoms with Gasteiger partial charge < -0.3 is 5.32 Å². The average Bonchev–Trinajstić information content (AvgIpc) is 2.75. The number of para-hydroxylation sites is 1. The molecule has 4 N–H and O–H groups in total. The van der Waals surface area contributed by atoms with E-state index in [9.17, 15) is 34.4 Å². The fourth-order valence-electron chi connectivity index (χ4n) is 3.30. The van der Waals surface area contributed by atoms with E-state index in [0.717, 1.165) is 11.8 Å². The zero-order chi connectivity index (χ0) is 27.1. The molecular weight excluding hydrogens is 532 g/mol. The van der Waals surface area contributed by atoms with Gasteiger partial charge in [0.05, 0.1) is 10.6 Å². The van der Waals surface area contributed by atoms with Crippen molar-refractivity contribution < 1.29 is 43.5 Å². The molecular formula is C22H27N2O9S3+. The largest absolute Gasteiger partial charge is 0.362 e. The Balaban J connectivity index is 2.57. The van der Waals surface area contributed by atoms with Crippen molar-refractivity contribution in [1.29, 1.82) is 0 Å². The van der Waals surface area contributed by atoms with Crippen LogP contribution in [0, 0.1) is 6.92 Å². The Morgan fingerprint density at radius 1 is 0.944 bits per heavy atom. The molecule has 36 heavy (non-hydrogen) atoms. The van der Waals surface area contributed by atoms with Crippen molar-refractivity contribution in [3.8, 4) is 0 Å². The second-order valence-corrected chi connectivity index (χ2v) is 12.1. The molecule has 0 heterocycles. The average molecular weight is 560 g/mol.